The van der Waals surface area contributed by atoms with Gasteiger partial charge in [-0.2, -0.15) is 0 Å². The van der Waals surface area contributed by atoms with E-state index in [0.717, 1.165) is 43.1 Å². The molecule has 0 spiro atoms. The van der Waals surface area contributed by atoms with Gasteiger partial charge in [-0.1, -0.05) is 53.6 Å². The monoisotopic (exact) mass is 370 g/mol. The molecule has 1 saturated heterocycles. The number of carbonyl (C=O) groups excluding carboxylic acids is 2. The number of benzene rings is 2. The molecule has 1 aliphatic heterocycles. The van der Waals surface area contributed by atoms with Crippen LogP contribution in [0, 0.1) is 6.92 Å². The Morgan fingerprint density at radius 2 is 1.65 bits per heavy atom. The number of carbonyl (C=O) groups is 2. The maximum Gasteiger partial charge on any atom is 0.292 e. The first-order valence-electron chi connectivity index (χ1n) is 8.90. The zero-order valence-electron chi connectivity index (χ0n) is 14.9. The molecule has 1 aliphatic rings. The summed E-state index contributed by atoms with van der Waals surface area (Å²) in [7, 11) is 0. The van der Waals surface area contributed by atoms with E-state index in [2.05, 4.69) is 10.2 Å². The Labute approximate surface area is 159 Å². The van der Waals surface area contributed by atoms with Crippen LogP contribution in [-0.4, -0.2) is 35.7 Å². The highest BCUT2D eigenvalue weighted by Crippen LogP contribution is 2.16. The number of aryl methyl sites for hydroxylation is 1. The van der Waals surface area contributed by atoms with E-state index in [1.165, 1.54) is 5.56 Å². The quantitative estimate of drug-likeness (QED) is 0.646. The van der Waals surface area contributed by atoms with Gasteiger partial charge in [-0.15, -0.1) is 0 Å². The first kappa shape index (κ1) is 18.6. The summed E-state index contributed by atoms with van der Waals surface area (Å²) in [5, 5.41) is 3.63. The Hall–Kier alpha value is -2.17. The van der Waals surface area contributed by atoms with Crippen molar-refractivity contribution in [3.8, 4) is 0 Å². The summed E-state index contributed by atoms with van der Waals surface area (Å²) in [6.07, 6.45) is 1.70. The maximum atomic E-state index is 12.2. The lowest BCUT2D eigenvalue weighted by molar-refractivity contribution is -0.118. The molecule has 0 aromatic heterocycles. The molecule has 0 aliphatic carbocycles. The number of halogens is 1. The van der Waals surface area contributed by atoms with Crippen LogP contribution in [0.25, 0.3) is 0 Å². The summed E-state index contributed by atoms with van der Waals surface area (Å²) in [5.41, 5.74) is 2.73. The van der Waals surface area contributed by atoms with Crippen LogP contribution in [-0.2, 0) is 11.3 Å². The molecule has 2 aromatic rings. The minimum absolute atomic E-state index is 0.0540. The van der Waals surface area contributed by atoms with Crippen LogP contribution in [0.5, 0.6) is 0 Å². The lowest BCUT2D eigenvalue weighted by Crippen LogP contribution is -2.46. The molecule has 1 amide bonds. The van der Waals surface area contributed by atoms with Crippen molar-refractivity contribution in [2.24, 2.45) is 0 Å². The van der Waals surface area contributed by atoms with Gasteiger partial charge in [0.2, 0.25) is 5.78 Å². The zero-order chi connectivity index (χ0) is 18.5. The van der Waals surface area contributed by atoms with E-state index >= 15 is 0 Å². The number of nitrogens with zero attached hydrogens (tertiary/aromatic N) is 1. The molecule has 5 heteroatoms. The SMILES string of the molecule is Cc1ccc(C(=O)C(=O)NC2CCN(Cc3ccc(Cl)cc3)CC2)cc1. The topological polar surface area (TPSA) is 49.4 Å². The third kappa shape index (κ3) is 4.93. The number of amides is 1. The van der Waals surface area contributed by atoms with Crippen LogP contribution < -0.4 is 5.32 Å². The van der Waals surface area contributed by atoms with Gasteiger partial charge in [0.05, 0.1) is 0 Å². The van der Waals surface area contributed by atoms with Crippen molar-refractivity contribution in [3.05, 3.63) is 70.2 Å². The molecular weight excluding hydrogens is 348 g/mol. The summed E-state index contributed by atoms with van der Waals surface area (Å²) in [6, 6.07) is 15.0. The molecule has 136 valence electrons. The lowest BCUT2D eigenvalue weighted by atomic mass is 10.0. The summed E-state index contributed by atoms with van der Waals surface area (Å²) < 4.78 is 0. The summed E-state index contributed by atoms with van der Waals surface area (Å²) in [4.78, 5) is 26.8. The maximum absolute atomic E-state index is 12.2. The molecule has 1 heterocycles. The van der Waals surface area contributed by atoms with Crippen molar-refractivity contribution < 1.29 is 9.59 Å². The van der Waals surface area contributed by atoms with E-state index in [1.807, 2.05) is 43.3 Å². The second kappa shape index (κ2) is 8.47. The summed E-state index contributed by atoms with van der Waals surface area (Å²) >= 11 is 5.92. The molecule has 0 unspecified atom stereocenters. The van der Waals surface area contributed by atoms with Crippen molar-refractivity contribution in [1.82, 2.24) is 10.2 Å². The smallest absolute Gasteiger partial charge is 0.292 e. The van der Waals surface area contributed by atoms with Crippen LogP contribution in [0.2, 0.25) is 5.02 Å². The number of nitrogens with one attached hydrogen (secondary N) is 1. The van der Waals surface area contributed by atoms with Crippen LogP contribution in [0.15, 0.2) is 48.5 Å². The number of Topliss-reactive ketones (excluding diaryl/α,β-unsaturated/α-hetero) is 1. The van der Waals surface area contributed by atoms with Gasteiger partial charge >= 0.3 is 0 Å². The Balaban J connectivity index is 1.47. The van der Waals surface area contributed by atoms with E-state index in [9.17, 15) is 9.59 Å². The third-order valence-corrected chi connectivity index (χ3v) is 5.01. The molecular formula is C21H23ClN2O2. The Bertz CT molecular complexity index is 764. The van der Waals surface area contributed by atoms with Gasteiger partial charge in [0.25, 0.3) is 5.91 Å². The number of piperidine rings is 1. The van der Waals surface area contributed by atoms with E-state index in [4.69, 9.17) is 11.6 Å². The molecule has 0 radical (unpaired) electrons. The van der Waals surface area contributed by atoms with Gasteiger partial charge in [-0.05, 0) is 37.5 Å². The Kier molecular flexibility index (Phi) is 6.07. The number of rotatable bonds is 5. The highest BCUT2D eigenvalue weighted by Gasteiger charge is 2.24. The van der Waals surface area contributed by atoms with Crippen molar-refractivity contribution >= 4 is 23.3 Å². The van der Waals surface area contributed by atoms with Crippen molar-refractivity contribution in [1.29, 1.82) is 0 Å². The molecule has 4 nitrogen and oxygen atoms in total. The van der Waals surface area contributed by atoms with Crippen LogP contribution >= 0.6 is 11.6 Å². The standard InChI is InChI=1S/C21H23ClN2O2/c1-15-2-6-17(7-3-15)20(25)21(26)23-19-10-12-24(13-11-19)14-16-4-8-18(22)9-5-16/h2-9,19H,10-14H2,1H3,(H,23,26). The second-order valence-electron chi connectivity index (χ2n) is 6.85. The van der Waals surface area contributed by atoms with Gasteiger partial charge in [0.15, 0.2) is 0 Å². The molecule has 0 saturated carbocycles. The second-order valence-corrected chi connectivity index (χ2v) is 7.28. The number of likely N-dealkylation sites (tertiary alicyclic amines) is 1. The van der Waals surface area contributed by atoms with Gasteiger partial charge in [0.1, 0.15) is 0 Å². The minimum atomic E-state index is -0.509. The molecule has 26 heavy (non-hydrogen) atoms. The first-order chi connectivity index (χ1) is 12.5. The van der Waals surface area contributed by atoms with Gasteiger partial charge < -0.3 is 5.32 Å². The average molecular weight is 371 g/mol. The van der Waals surface area contributed by atoms with Crippen LogP contribution in [0.3, 0.4) is 0 Å². The number of ketones is 1. The first-order valence-corrected chi connectivity index (χ1v) is 9.28. The van der Waals surface area contributed by atoms with E-state index in [1.54, 1.807) is 12.1 Å². The highest BCUT2D eigenvalue weighted by molar-refractivity contribution is 6.42. The Morgan fingerprint density at radius 1 is 1.04 bits per heavy atom. The predicted octanol–water partition coefficient (Wildman–Crippen LogP) is 3.61. The van der Waals surface area contributed by atoms with Gasteiger partial charge in [-0.25, -0.2) is 0 Å². The summed E-state index contributed by atoms with van der Waals surface area (Å²) in [5.74, 6) is -0.974. The Morgan fingerprint density at radius 3 is 2.27 bits per heavy atom. The van der Waals surface area contributed by atoms with E-state index in [-0.39, 0.29) is 6.04 Å². The molecule has 2 aromatic carbocycles. The average Bonchev–Trinajstić information content (AvgIpc) is 2.65. The van der Waals surface area contributed by atoms with E-state index in [0.29, 0.717) is 5.56 Å². The summed E-state index contributed by atoms with van der Waals surface area (Å²) in [6.45, 7) is 4.62. The third-order valence-electron chi connectivity index (χ3n) is 4.76. The van der Waals surface area contributed by atoms with Crippen molar-refractivity contribution in [2.75, 3.05) is 13.1 Å². The fourth-order valence-electron chi connectivity index (χ4n) is 3.17. The van der Waals surface area contributed by atoms with Gasteiger partial charge in [0, 0.05) is 36.3 Å². The van der Waals surface area contributed by atoms with Crippen LogP contribution in [0.1, 0.15) is 34.3 Å². The normalized spacial score (nSPS) is 15.6. The van der Waals surface area contributed by atoms with Gasteiger partial charge in [-0.3, -0.25) is 14.5 Å². The molecule has 1 N–H and O–H groups in total. The predicted molar refractivity (Wildman–Crippen MR) is 103 cm³/mol. The van der Waals surface area contributed by atoms with E-state index < -0.39 is 11.7 Å². The largest absolute Gasteiger partial charge is 0.346 e. The minimum Gasteiger partial charge on any atom is -0.346 e. The molecule has 0 bridgehead atoms. The van der Waals surface area contributed by atoms with Crippen molar-refractivity contribution in [3.63, 3.8) is 0 Å². The molecule has 3 rings (SSSR count). The number of hydrogen-bond acceptors (Lipinski definition) is 3. The van der Waals surface area contributed by atoms with Crippen LogP contribution in [0.4, 0.5) is 0 Å². The molecule has 1 fully saturated rings. The fourth-order valence-corrected chi connectivity index (χ4v) is 3.30. The highest BCUT2D eigenvalue weighted by atomic mass is 35.5. The lowest BCUT2D eigenvalue weighted by Gasteiger charge is -2.32. The molecule has 0 atom stereocenters. The van der Waals surface area contributed by atoms with Crippen molar-refractivity contribution in [2.45, 2.75) is 32.4 Å². The number of hydrogen-bond donors (Lipinski definition) is 1. The zero-order valence-corrected chi connectivity index (χ0v) is 15.6. The fraction of sp³-hybridized carbons (Fsp3) is 0.333.